The Balaban J connectivity index is 1.33. The fraction of sp³-hybridized carbons (Fsp3) is 0.500. The number of hydrogen-bond acceptors (Lipinski definition) is 5. The summed E-state index contributed by atoms with van der Waals surface area (Å²) in [7, 11) is 0. The van der Waals surface area contributed by atoms with E-state index in [9.17, 15) is 9.18 Å². The molecule has 0 radical (unpaired) electrons. The topological polar surface area (TPSA) is 57.3 Å². The lowest BCUT2D eigenvalue weighted by Gasteiger charge is -2.30. The monoisotopic (exact) mass is 388 g/mol. The van der Waals surface area contributed by atoms with E-state index >= 15 is 0 Å². The SMILES string of the molecule is Cc1nc(CN2CCC(C(=O)Nc3ccc4c(c3F)CCNC4)CC2)cs1. The molecule has 0 spiro atoms. The van der Waals surface area contributed by atoms with E-state index in [1.54, 1.807) is 17.4 Å². The first-order valence-corrected chi connectivity index (χ1v) is 10.4. The van der Waals surface area contributed by atoms with Crippen LogP contribution in [0.4, 0.5) is 10.1 Å². The lowest BCUT2D eigenvalue weighted by molar-refractivity contribution is -0.121. The zero-order chi connectivity index (χ0) is 18.8. The molecule has 144 valence electrons. The summed E-state index contributed by atoms with van der Waals surface area (Å²) in [6.07, 6.45) is 2.26. The molecule has 0 aliphatic carbocycles. The Kier molecular flexibility index (Phi) is 5.52. The van der Waals surface area contributed by atoms with Gasteiger partial charge in [-0.1, -0.05) is 6.07 Å². The molecule has 7 heteroatoms. The standard InChI is InChI=1S/C20H25FN4OS/c1-13-23-16(12-27-13)11-25-8-5-14(6-9-25)20(26)24-18-3-2-15-10-22-7-4-17(15)19(18)21/h2-3,12,14,22H,4-11H2,1H3,(H,24,26). The van der Waals surface area contributed by atoms with Gasteiger partial charge in [0, 0.05) is 24.4 Å². The molecule has 1 amide bonds. The van der Waals surface area contributed by atoms with Gasteiger partial charge in [0.2, 0.25) is 5.91 Å². The molecule has 0 atom stereocenters. The maximum Gasteiger partial charge on any atom is 0.227 e. The van der Waals surface area contributed by atoms with Gasteiger partial charge in [0.1, 0.15) is 5.82 Å². The van der Waals surface area contributed by atoms with Crippen LogP contribution >= 0.6 is 11.3 Å². The third kappa shape index (κ3) is 4.20. The van der Waals surface area contributed by atoms with Crippen molar-refractivity contribution in [3.8, 4) is 0 Å². The molecular formula is C20H25FN4OS. The summed E-state index contributed by atoms with van der Waals surface area (Å²) in [4.78, 5) is 19.5. The predicted octanol–water partition coefficient (Wildman–Crippen LogP) is 3.09. The number of carbonyl (C=O) groups is 1. The maximum atomic E-state index is 14.7. The van der Waals surface area contributed by atoms with Gasteiger partial charge in [-0.05, 0) is 63.0 Å². The number of aromatic nitrogens is 1. The third-order valence-corrected chi connectivity index (χ3v) is 6.30. The van der Waals surface area contributed by atoms with E-state index in [1.165, 1.54) is 0 Å². The largest absolute Gasteiger partial charge is 0.323 e. The number of amides is 1. The van der Waals surface area contributed by atoms with E-state index in [0.717, 1.165) is 60.8 Å². The van der Waals surface area contributed by atoms with Crippen LogP contribution in [0.2, 0.25) is 0 Å². The van der Waals surface area contributed by atoms with Crippen LogP contribution in [-0.2, 0) is 24.3 Å². The van der Waals surface area contributed by atoms with E-state index in [1.807, 2.05) is 13.0 Å². The summed E-state index contributed by atoms with van der Waals surface area (Å²) in [6, 6.07) is 3.61. The normalized spacial score (nSPS) is 18.3. The highest BCUT2D eigenvalue weighted by Crippen LogP contribution is 2.26. The molecule has 1 aromatic heterocycles. The number of nitrogens with one attached hydrogen (secondary N) is 2. The molecule has 2 aromatic rings. The van der Waals surface area contributed by atoms with Crippen LogP contribution < -0.4 is 10.6 Å². The number of piperidine rings is 1. The summed E-state index contributed by atoms with van der Waals surface area (Å²) in [5.41, 5.74) is 3.15. The number of benzene rings is 1. The molecule has 27 heavy (non-hydrogen) atoms. The van der Waals surface area contributed by atoms with E-state index in [2.05, 4.69) is 25.9 Å². The van der Waals surface area contributed by atoms with Gasteiger partial charge in [0.05, 0.1) is 16.4 Å². The van der Waals surface area contributed by atoms with Gasteiger partial charge >= 0.3 is 0 Å². The Bertz CT molecular complexity index is 829. The summed E-state index contributed by atoms with van der Waals surface area (Å²) in [5, 5.41) is 9.26. The van der Waals surface area contributed by atoms with Gasteiger partial charge < -0.3 is 10.6 Å². The van der Waals surface area contributed by atoms with Gasteiger partial charge in [-0.2, -0.15) is 0 Å². The van der Waals surface area contributed by atoms with Crippen LogP contribution in [0.5, 0.6) is 0 Å². The van der Waals surface area contributed by atoms with Crippen LogP contribution in [0.3, 0.4) is 0 Å². The lowest BCUT2D eigenvalue weighted by Crippen LogP contribution is -2.38. The Morgan fingerprint density at radius 2 is 2.22 bits per heavy atom. The first kappa shape index (κ1) is 18.5. The minimum atomic E-state index is -0.265. The first-order valence-electron chi connectivity index (χ1n) is 9.55. The molecule has 4 rings (SSSR count). The van der Waals surface area contributed by atoms with Crippen molar-refractivity contribution in [2.75, 3.05) is 25.0 Å². The molecule has 0 unspecified atom stereocenters. The number of nitrogens with zero attached hydrogens (tertiary/aromatic N) is 2. The van der Waals surface area contributed by atoms with E-state index in [4.69, 9.17) is 0 Å². The number of hydrogen-bond donors (Lipinski definition) is 2. The lowest BCUT2D eigenvalue weighted by atomic mass is 9.95. The molecule has 1 saturated heterocycles. The van der Waals surface area contributed by atoms with Crippen molar-refractivity contribution in [2.45, 2.75) is 39.3 Å². The fourth-order valence-corrected chi connectivity index (χ4v) is 4.53. The molecule has 2 aliphatic rings. The number of fused-ring (bicyclic) bond motifs is 1. The van der Waals surface area contributed by atoms with E-state index in [-0.39, 0.29) is 17.6 Å². The highest BCUT2D eigenvalue weighted by molar-refractivity contribution is 7.09. The third-order valence-electron chi connectivity index (χ3n) is 5.48. The van der Waals surface area contributed by atoms with Crippen LogP contribution in [0.15, 0.2) is 17.5 Å². The van der Waals surface area contributed by atoms with Crippen molar-refractivity contribution in [1.29, 1.82) is 0 Å². The summed E-state index contributed by atoms with van der Waals surface area (Å²) >= 11 is 1.67. The highest BCUT2D eigenvalue weighted by Gasteiger charge is 2.26. The molecular weight excluding hydrogens is 363 g/mol. The molecule has 0 saturated carbocycles. The quantitative estimate of drug-likeness (QED) is 0.845. The highest BCUT2D eigenvalue weighted by atomic mass is 32.1. The molecule has 3 heterocycles. The fourth-order valence-electron chi connectivity index (χ4n) is 3.93. The molecule has 1 aromatic carbocycles. The van der Waals surface area contributed by atoms with Crippen molar-refractivity contribution in [2.24, 2.45) is 5.92 Å². The van der Waals surface area contributed by atoms with E-state index in [0.29, 0.717) is 18.7 Å². The van der Waals surface area contributed by atoms with E-state index < -0.39 is 0 Å². The second-order valence-electron chi connectivity index (χ2n) is 7.39. The molecule has 5 nitrogen and oxygen atoms in total. The number of aryl methyl sites for hydroxylation is 1. The Morgan fingerprint density at radius 1 is 1.41 bits per heavy atom. The number of thiazole rings is 1. The van der Waals surface area contributed by atoms with Crippen molar-refractivity contribution >= 4 is 22.9 Å². The average molecular weight is 389 g/mol. The Labute approximate surface area is 163 Å². The molecule has 2 N–H and O–H groups in total. The van der Waals surface area contributed by atoms with Crippen molar-refractivity contribution in [1.82, 2.24) is 15.2 Å². The smallest absolute Gasteiger partial charge is 0.227 e. The second kappa shape index (κ2) is 8.04. The van der Waals surface area contributed by atoms with Gasteiger partial charge in [-0.15, -0.1) is 11.3 Å². The predicted molar refractivity (Wildman–Crippen MR) is 105 cm³/mol. The average Bonchev–Trinajstić information content (AvgIpc) is 3.09. The number of halogens is 1. The number of likely N-dealkylation sites (tertiary alicyclic amines) is 1. The van der Waals surface area contributed by atoms with Crippen LogP contribution in [0, 0.1) is 18.7 Å². The van der Waals surface area contributed by atoms with Crippen molar-refractivity contribution in [3.63, 3.8) is 0 Å². The summed E-state index contributed by atoms with van der Waals surface area (Å²) in [6.45, 7) is 6.06. The van der Waals surface area contributed by atoms with Crippen molar-refractivity contribution < 1.29 is 9.18 Å². The van der Waals surface area contributed by atoms with Gasteiger partial charge in [-0.3, -0.25) is 9.69 Å². The molecule has 0 bridgehead atoms. The number of carbonyl (C=O) groups excluding carboxylic acids is 1. The zero-order valence-electron chi connectivity index (χ0n) is 15.6. The number of anilines is 1. The van der Waals surface area contributed by atoms with Crippen LogP contribution in [0.1, 0.15) is 34.7 Å². The van der Waals surface area contributed by atoms with Crippen LogP contribution in [0.25, 0.3) is 0 Å². The maximum absolute atomic E-state index is 14.7. The van der Waals surface area contributed by atoms with Gasteiger partial charge in [-0.25, -0.2) is 9.37 Å². The second-order valence-corrected chi connectivity index (χ2v) is 8.45. The Morgan fingerprint density at radius 3 is 2.96 bits per heavy atom. The Hall–Kier alpha value is -1.83. The van der Waals surface area contributed by atoms with Gasteiger partial charge in [0.25, 0.3) is 0 Å². The number of rotatable bonds is 4. The summed E-state index contributed by atoms with van der Waals surface area (Å²) in [5.74, 6) is -0.388. The van der Waals surface area contributed by atoms with Crippen molar-refractivity contribution in [3.05, 3.63) is 45.2 Å². The minimum Gasteiger partial charge on any atom is -0.323 e. The molecule has 1 fully saturated rings. The van der Waals surface area contributed by atoms with Crippen LogP contribution in [-0.4, -0.2) is 35.4 Å². The molecule has 2 aliphatic heterocycles. The first-order chi connectivity index (χ1) is 13.1. The zero-order valence-corrected chi connectivity index (χ0v) is 16.4. The minimum absolute atomic E-state index is 0.0597. The van der Waals surface area contributed by atoms with Gasteiger partial charge in [0.15, 0.2) is 0 Å². The summed E-state index contributed by atoms with van der Waals surface area (Å²) < 4.78 is 14.7.